The molecule has 12 heteroatoms. The molecular formula is C28H25F3N2O7. The minimum absolute atomic E-state index is 0.0333. The second kappa shape index (κ2) is 13.7. The van der Waals surface area contributed by atoms with Gasteiger partial charge in [-0.3, -0.25) is 0 Å². The van der Waals surface area contributed by atoms with Gasteiger partial charge in [0, 0.05) is 17.5 Å². The summed E-state index contributed by atoms with van der Waals surface area (Å²) in [7, 11) is 0. The molecule has 9 nitrogen and oxygen atoms in total. The number of anilines is 2. The third-order valence-corrected chi connectivity index (χ3v) is 5.06. The van der Waals surface area contributed by atoms with Crippen molar-refractivity contribution in [3.05, 3.63) is 89.5 Å². The van der Waals surface area contributed by atoms with Crippen molar-refractivity contribution < 1.29 is 46.5 Å². The predicted molar refractivity (Wildman–Crippen MR) is 139 cm³/mol. The summed E-state index contributed by atoms with van der Waals surface area (Å²) in [5.41, 5.74) is 12.9. The first-order valence-electron chi connectivity index (χ1n) is 11.8. The lowest BCUT2D eigenvalue weighted by molar-refractivity contribution is -0.274. The highest BCUT2D eigenvalue weighted by Gasteiger charge is 2.31. The highest BCUT2D eigenvalue weighted by atomic mass is 19.4. The number of halogens is 3. The minimum Gasteiger partial charge on any atom is -0.463 e. The van der Waals surface area contributed by atoms with Crippen LogP contribution in [0.3, 0.4) is 0 Å². The van der Waals surface area contributed by atoms with E-state index in [4.69, 9.17) is 25.7 Å². The van der Waals surface area contributed by atoms with Crippen LogP contribution in [0.15, 0.2) is 72.8 Å². The summed E-state index contributed by atoms with van der Waals surface area (Å²) in [6.45, 7) is 0.264. The minimum atomic E-state index is -4.83. The van der Waals surface area contributed by atoms with Crippen molar-refractivity contribution in [2.75, 3.05) is 24.7 Å². The maximum atomic E-state index is 12.2. The van der Waals surface area contributed by atoms with Crippen molar-refractivity contribution in [2.45, 2.75) is 19.2 Å². The van der Waals surface area contributed by atoms with Gasteiger partial charge in [0.2, 0.25) is 0 Å². The van der Waals surface area contributed by atoms with Gasteiger partial charge >= 0.3 is 24.3 Å². The number of hydrogen-bond donors (Lipinski definition) is 2. The van der Waals surface area contributed by atoms with Crippen LogP contribution in [-0.4, -0.2) is 37.5 Å². The molecule has 0 atom stereocenters. The molecule has 0 aromatic heterocycles. The molecule has 40 heavy (non-hydrogen) atoms. The third-order valence-electron chi connectivity index (χ3n) is 5.06. The maximum Gasteiger partial charge on any atom is 0.573 e. The molecule has 210 valence electrons. The summed E-state index contributed by atoms with van der Waals surface area (Å²) in [4.78, 5) is 36.1. The zero-order valence-corrected chi connectivity index (χ0v) is 21.0. The van der Waals surface area contributed by atoms with Crippen molar-refractivity contribution in [3.63, 3.8) is 0 Å². The molecule has 3 aromatic rings. The first-order valence-corrected chi connectivity index (χ1v) is 11.8. The number of carbonyl (C=O) groups is 3. The molecule has 0 spiro atoms. The Morgan fingerprint density at radius 3 is 1.90 bits per heavy atom. The SMILES string of the molecule is Nc1cc(N)cc(C(=O)OCCCCOC(=O)C=Cc2ccc(OC(=O)c3ccc(OC(F)(F)F)cc3)cc2)c1. The zero-order valence-electron chi connectivity index (χ0n) is 21.0. The lowest BCUT2D eigenvalue weighted by Crippen LogP contribution is -2.17. The van der Waals surface area contributed by atoms with Gasteiger partial charge in [-0.2, -0.15) is 0 Å². The molecule has 4 N–H and O–H groups in total. The number of hydrogen-bond acceptors (Lipinski definition) is 9. The Morgan fingerprint density at radius 1 is 0.725 bits per heavy atom. The molecule has 0 aliphatic heterocycles. The van der Waals surface area contributed by atoms with Gasteiger partial charge in [0.25, 0.3) is 0 Å². The highest BCUT2D eigenvalue weighted by Crippen LogP contribution is 2.23. The topological polar surface area (TPSA) is 140 Å². The molecule has 0 aliphatic rings. The van der Waals surface area contributed by atoms with Crippen LogP contribution in [0.4, 0.5) is 24.5 Å². The van der Waals surface area contributed by atoms with Crippen LogP contribution in [-0.2, 0) is 14.3 Å². The van der Waals surface area contributed by atoms with E-state index in [2.05, 4.69) is 4.74 Å². The Hall–Kier alpha value is -5.00. The molecule has 0 amide bonds. The van der Waals surface area contributed by atoms with Crippen LogP contribution in [0.25, 0.3) is 6.08 Å². The predicted octanol–water partition coefficient (Wildman–Crippen LogP) is 5.16. The van der Waals surface area contributed by atoms with Crippen LogP contribution in [0, 0.1) is 0 Å². The normalized spacial score (nSPS) is 11.2. The van der Waals surface area contributed by atoms with Gasteiger partial charge in [0.15, 0.2) is 0 Å². The molecule has 0 heterocycles. The lowest BCUT2D eigenvalue weighted by atomic mass is 10.2. The number of benzene rings is 3. The molecule has 0 saturated heterocycles. The molecule has 3 aromatic carbocycles. The monoisotopic (exact) mass is 558 g/mol. The summed E-state index contributed by atoms with van der Waals surface area (Å²) < 4.78 is 55.9. The van der Waals surface area contributed by atoms with E-state index < -0.39 is 30.0 Å². The molecule has 0 saturated carbocycles. The smallest absolute Gasteiger partial charge is 0.463 e. The van der Waals surface area contributed by atoms with E-state index in [1.807, 2.05) is 0 Å². The summed E-state index contributed by atoms with van der Waals surface area (Å²) in [5.74, 6) is -2.15. The quantitative estimate of drug-likeness (QED) is 0.107. The largest absolute Gasteiger partial charge is 0.573 e. The first-order chi connectivity index (χ1) is 19.0. The maximum absolute atomic E-state index is 12.2. The number of alkyl halides is 3. The van der Waals surface area contributed by atoms with Crippen molar-refractivity contribution in [3.8, 4) is 11.5 Å². The molecule has 0 fully saturated rings. The van der Waals surface area contributed by atoms with Crippen LogP contribution < -0.4 is 20.9 Å². The molecule has 0 aliphatic carbocycles. The first kappa shape index (κ1) is 29.6. The Balaban J connectivity index is 1.35. The van der Waals surface area contributed by atoms with Gasteiger partial charge in [-0.15, -0.1) is 13.2 Å². The molecule has 0 bridgehead atoms. The average Bonchev–Trinajstić information content (AvgIpc) is 2.89. The molecular weight excluding hydrogens is 533 g/mol. The van der Waals surface area contributed by atoms with E-state index in [9.17, 15) is 27.6 Å². The number of nitrogens with two attached hydrogens (primary N) is 2. The molecule has 0 radical (unpaired) electrons. The summed E-state index contributed by atoms with van der Waals surface area (Å²) in [5, 5.41) is 0. The van der Waals surface area contributed by atoms with Gasteiger partial charge in [-0.25, -0.2) is 14.4 Å². The van der Waals surface area contributed by atoms with E-state index >= 15 is 0 Å². The van der Waals surface area contributed by atoms with Crippen LogP contribution in [0.2, 0.25) is 0 Å². The van der Waals surface area contributed by atoms with Gasteiger partial charge in [0.05, 0.1) is 24.3 Å². The van der Waals surface area contributed by atoms with Crippen LogP contribution in [0.5, 0.6) is 11.5 Å². The fourth-order valence-corrected chi connectivity index (χ4v) is 3.24. The Morgan fingerprint density at radius 2 is 1.30 bits per heavy atom. The molecule has 3 rings (SSSR count). The summed E-state index contributed by atoms with van der Waals surface area (Å²) in [6, 6.07) is 14.9. The van der Waals surface area contributed by atoms with E-state index in [-0.39, 0.29) is 30.1 Å². The van der Waals surface area contributed by atoms with E-state index in [1.165, 1.54) is 42.5 Å². The van der Waals surface area contributed by atoms with Crippen molar-refractivity contribution in [1.29, 1.82) is 0 Å². The van der Waals surface area contributed by atoms with Gasteiger partial charge in [-0.1, -0.05) is 12.1 Å². The number of esters is 3. The van der Waals surface area contributed by atoms with Crippen molar-refractivity contribution in [1.82, 2.24) is 0 Å². The van der Waals surface area contributed by atoms with Crippen LogP contribution >= 0.6 is 0 Å². The number of carbonyl (C=O) groups excluding carboxylic acids is 3. The second-order valence-corrected chi connectivity index (χ2v) is 8.26. The standard InChI is InChI=1S/C28H25F3N2O7/c29-28(30,31)40-24-10-6-19(7-11-24)27(36)39-23-8-3-18(4-9-23)5-12-25(34)37-13-1-2-14-38-26(35)20-15-21(32)17-22(33)16-20/h3-12,15-17H,1-2,13-14,32-33H2. The Labute approximate surface area is 227 Å². The Kier molecular flexibility index (Phi) is 10.1. The van der Waals surface area contributed by atoms with Crippen molar-refractivity contribution >= 4 is 35.4 Å². The number of nitrogen functional groups attached to an aromatic ring is 2. The van der Waals surface area contributed by atoms with Gasteiger partial charge in [0.1, 0.15) is 11.5 Å². The van der Waals surface area contributed by atoms with Gasteiger partial charge < -0.3 is 30.4 Å². The second-order valence-electron chi connectivity index (χ2n) is 8.26. The van der Waals surface area contributed by atoms with E-state index in [0.29, 0.717) is 29.8 Å². The number of ether oxygens (including phenoxy) is 4. The highest BCUT2D eigenvalue weighted by molar-refractivity contribution is 5.92. The third kappa shape index (κ3) is 10.0. The summed E-state index contributed by atoms with van der Waals surface area (Å²) >= 11 is 0. The van der Waals surface area contributed by atoms with E-state index in [1.54, 1.807) is 12.1 Å². The van der Waals surface area contributed by atoms with Crippen LogP contribution in [0.1, 0.15) is 39.1 Å². The van der Waals surface area contributed by atoms with Gasteiger partial charge in [-0.05, 0) is 79.1 Å². The summed E-state index contributed by atoms with van der Waals surface area (Å²) in [6.07, 6.45) is -1.14. The van der Waals surface area contributed by atoms with Crippen molar-refractivity contribution in [2.24, 2.45) is 0 Å². The molecule has 0 unspecified atom stereocenters. The number of rotatable bonds is 11. The average molecular weight is 559 g/mol. The Bertz CT molecular complexity index is 1340. The fraction of sp³-hybridized carbons (Fsp3) is 0.179. The zero-order chi connectivity index (χ0) is 29.1. The lowest BCUT2D eigenvalue weighted by Gasteiger charge is -2.09. The number of unbranched alkanes of at least 4 members (excludes halogenated alkanes) is 1. The van der Waals surface area contributed by atoms with E-state index in [0.717, 1.165) is 24.3 Å². The fourth-order valence-electron chi connectivity index (χ4n) is 3.24.